The topological polar surface area (TPSA) is 46.2 Å². The molecule has 0 unspecified atom stereocenters. The van der Waals surface area contributed by atoms with Crippen LogP contribution in [0.5, 0.6) is 0 Å². The number of benzene rings is 1. The number of unbranched alkanes of at least 4 members (excludes halogenated alkanes) is 2. The van der Waals surface area contributed by atoms with Crippen LogP contribution < -0.4 is 5.32 Å². The van der Waals surface area contributed by atoms with Crippen LogP contribution in [0.4, 0.5) is 5.69 Å². The van der Waals surface area contributed by atoms with Crippen molar-refractivity contribution in [3.8, 4) is 0 Å². The molecule has 1 rings (SSSR count). The second kappa shape index (κ2) is 7.83. The molecule has 0 fully saturated rings. The van der Waals surface area contributed by atoms with E-state index in [4.69, 9.17) is 0 Å². The van der Waals surface area contributed by atoms with E-state index < -0.39 is 9.84 Å². The van der Waals surface area contributed by atoms with Crippen LogP contribution in [0.25, 0.3) is 0 Å². The zero-order valence-electron chi connectivity index (χ0n) is 13.8. The highest BCUT2D eigenvalue weighted by Crippen LogP contribution is 2.25. The van der Waals surface area contributed by atoms with Crippen molar-refractivity contribution in [3.63, 3.8) is 0 Å². The molecular formula is C17H29NO2S. The van der Waals surface area contributed by atoms with Gasteiger partial charge in [0.1, 0.15) is 0 Å². The van der Waals surface area contributed by atoms with Gasteiger partial charge in [-0.1, -0.05) is 47.0 Å². The molecule has 0 saturated carbocycles. The van der Waals surface area contributed by atoms with Crippen LogP contribution in [0.1, 0.15) is 53.4 Å². The van der Waals surface area contributed by atoms with Gasteiger partial charge in [0.15, 0.2) is 9.84 Å². The fourth-order valence-electron chi connectivity index (χ4n) is 2.23. The minimum absolute atomic E-state index is 0.143. The zero-order chi connectivity index (χ0) is 15.9. The van der Waals surface area contributed by atoms with Gasteiger partial charge in [-0.2, -0.15) is 0 Å². The molecule has 0 aliphatic heterocycles. The van der Waals surface area contributed by atoms with E-state index >= 15 is 0 Å². The Morgan fingerprint density at radius 2 is 1.67 bits per heavy atom. The third kappa shape index (κ3) is 6.08. The molecule has 0 heterocycles. The summed E-state index contributed by atoms with van der Waals surface area (Å²) in [5.41, 5.74) is 1.23. The Balaban J connectivity index is 2.56. The van der Waals surface area contributed by atoms with E-state index in [0.717, 1.165) is 12.2 Å². The first-order valence-electron chi connectivity index (χ1n) is 7.87. The third-order valence-corrected chi connectivity index (χ3v) is 5.57. The van der Waals surface area contributed by atoms with Gasteiger partial charge in [0.2, 0.25) is 0 Å². The summed E-state index contributed by atoms with van der Waals surface area (Å²) in [6.45, 7) is 9.32. The van der Waals surface area contributed by atoms with Gasteiger partial charge < -0.3 is 5.32 Å². The van der Waals surface area contributed by atoms with Gasteiger partial charge in [-0.15, -0.1) is 0 Å². The fraction of sp³-hybridized carbons (Fsp3) is 0.647. The largest absolute Gasteiger partial charge is 0.385 e. The van der Waals surface area contributed by atoms with Crippen LogP contribution in [0, 0.1) is 5.41 Å². The van der Waals surface area contributed by atoms with Crippen molar-refractivity contribution in [2.24, 2.45) is 5.41 Å². The van der Waals surface area contributed by atoms with Crippen LogP contribution in [0.3, 0.4) is 0 Å². The molecule has 1 aromatic rings. The van der Waals surface area contributed by atoms with Crippen LogP contribution in [-0.2, 0) is 9.84 Å². The molecule has 0 amide bonds. The van der Waals surface area contributed by atoms with E-state index in [-0.39, 0.29) is 11.2 Å². The summed E-state index contributed by atoms with van der Waals surface area (Å²) < 4.78 is 23.5. The van der Waals surface area contributed by atoms with E-state index in [1.807, 2.05) is 12.1 Å². The molecular weight excluding hydrogens is 282 g/mol. The Bertz CT molecular complexity index is 518. The van der Waals surface area contributed by atoms with Crippen molar-refractivity contribution in [3.05, 3.63) is 24.3 Å². The molecule has 0 spiro atoms. The lowest BCUT2D eigenvalue weighted by Crippen LogP contribution is -2.23. The number of sulfone groups is 1. The Hall–Kier alpha value is -1.03. The molecule has 1 aromatic carbocycles. The van der Waals surface area contributed by atoms with E-state index in [1.54, 1.807) is 19.1 Å². The molecule has 0 atom stereocenters. The van der Waals surface area contributed by atoms with Crippen LogP contribution in [0.2, 0.25) is 0 Å². The SMILES string of the molecule is CCCCCC(C)(C)CNc1ccc(S(=O)(=O)CC)cc1. The highest BCUT2D eigenvalue weighted by Gasteiger charge is 2.17. The molecule has 0 aliphatic carbocycles. The first-order valence-corrected chi connectivity index (χ1v) is 9.52. The summed E-state index contributed by atoms with van der Waals surface area (Å²) in [5.74, 6) is 0.143. The molecule has 0 aromatic heterocycles. The van der Waals surface area contributed by atoms with E-state index in [9.17, 15) is 8.42 Å². The standard InChI is InChI=1S/C17H29NO2S/c1-5-7-8-13-17(3,4)14-18-15-9-11-16(12-10-15)21(19,20)6-2/h9-12,18H,5-8,13-14H2,1-4H3. The van der Waals surface area contributed by atoms with Gasteiger partial charge in [0.25, 0.3) is 0 Å². The molecule has 1 N–H and O–H groups in total. The van der Waals surface area contributed by atoms with Gasteiger partial charge >= 0.3 is 0 Å². The van der Waals surface area contributed by atoms with Crippen LogP contribution >= 0.6 is 0 Å². The van der Waals surface area contributed by atoms with Crippen LogP contribution in [0.15, 0.2) is 29.2 Å². The highest BCUT2D eigenvalue weighted by atomic mass is 32.2. The normalized spacial score (nSPS) is 12.4. The summed E-state index contributed by atoms with van der Waals surface area (Å²) in [4.78, 5) is 0.401. The summed E-state index contributed by atoms with van der Waals surface area (Å²) in [6, 6.07) is 7.08. The van der Waals surface area contributed by atoms with Gasteiger partial charge in [-0.25, -0.2) is 8.42 Å². The van der Waals surface area contributed by atoms with Crippen LogP contribution in [-0.4, -0.2) is 20.7 Å². The Morgan fingerprint density at radius 1 is 1.05 bits per heavy atom. The molecule has 0 bridgehead atoms. The maximum Gasteiger partial charge on any atom is 0.178 e. The second-order valence-electron chi connectivity index (χ2n) is 6.40. The lowest BCUT2D eigenvalue weighted by Gasteiger charge is -2.25. The number of nitrogens with one attached hydrogen (secondary N) is 1. The van der Waals surface area contributed by atoms with E-state index in [1.165, 1.54) is 25.7 Å². The number of hydrogen-bond donors (Lipinski definition) is 1. The van der Waals surface area contributed by atoms with Crippen molar-refractivity contribution in [2.75, 3.05) is 17.6 Å². The van der Waals surface area contributed by atoms with Crippen molar-refractivity contribution < 1.29 is 8.42 Å². The monoisotopic (exact) mass is 311 g/mol. The minimum atomic E-state index is -3.10. The van der Waals surface area contributed by atoms with Crippen molar-refractivity contribution >= 4 is 15.5 Å². The molecule has 0 saturated heterocycles. The average Bonchev–Trinajstić information content (AvgIpc) is 2.46. The summed E-state index contributed by atoms with van der Waals surface area (Å²) in [5, 5.41) is 3.41. The van der Waals surface area contributed by atoms with Gasteiger partial charge in [-0.3, -0.25) is 0 Å². The van der Waals surface area contributed by atoms with Crippen molar-refractivity contribution in [2.45, 2.75) is 58.3 Å². The summed E-state index contributed by atoms with van der Waals surface area (Å²) in [7, 11) is -3.10. The number of rotatable bonds is 9. The first kappa shape index (κ1) is 18.0. The second-order valence-corrected chi connectivity index (χ2v) is 8.68. The summed E-state index contributed by atoms with van der Waals surface area (Å²) >= 11 is 0. The first-order chi connectivity index (χ1) is 9.80. The van der Waals surface area contributed by atoms with E-state index in [0.29, 0.717) is 4.90 Å². The molecule has 4 heteroatoms. The predicted octanol–water partition coefficient (Wildman–Crippen LogP) is 4.50. The van der Waals surface area contributed by atoms with Crippen molar-refractivity contribution in [1.29, 1.82) is 0 Å². The predicted molar refractivity (Wildman–Crippen MR) is 90.6 cm³/mol. The molecule has 0 radical (unpaired) electrons. The molecule has 3 nitrogen and oxygen atoms in total. The third-order valence-electron chi connectivity index (χ3n) is 3.82. The van der Waals surface area contributed by atoms with E-state index in [2.05, 4.69) is 26.1 Å². The highest BCUT2D eigenvalue weighted by molar-refractivity contribution is 7.91. The smallest absolute Gasteiger partial charge is 0.178 e. The summed E-state index contributed by atoms with van der Waals surface area (Å²) in [6.07, 6.45) is 5.00. The maximum atomic E-state index is 11.8. The van der Waals surface area contributed by atoms with Crippen molar-refractivity contribution in [1.82, 2.24) is 0 Å². The van der Waals surface area contributed by atoms with Gasteiger partial charge in [-0.05, 0) is 36.1 Å². The average molecular weight is 311 g/mol. The lowest BCUT2D eigenvalue weighted by molar-refractivity contribution is 0.342. The zero-order valence-corrected chi connectivity index (χ0v) is 14.6. The number of hydrogen-bond acceptors (Lipinski definition) is 3. The van der Waals surface area contributed by atoms with Gasteiger partial charge in [0, 0.05) is 12.2 Å². The van der Waals surface area contributed by atoms with Gasteiger partial charge in [0.05, 0.1) is 10.6 Å². The molecule has 21 heavy (non-hydrogen) atoms. The minimum Gasteiger partial charge on any atom is -0.385 e. The number of anilines is 1. The maximum absolute atomic E-state index is 11.8. The quantitative estimate of drug-likeness (QED) is 0.683. The Kier molecular flexibility index (Phi) is 6.72. The fourth-order valence-corrected chi connectivity index (χ4v) is 3.11. The Labute approximate surface area is 130 Å². The molecule has 0 aliphatic rings. The Morgan fingerprint density at radius 3 is 2.19 bits per heavy atom. The lowest BCUT2D eigenvalue weighted by atomic mass is 9.87. The molecule has 120 valence electrons.